The number of methoxy groups -OCH3 is 1. The second-order valence-electron chi connectivity index (χ2n) is 4.08. The van der Waals surface area contributed by atoms with Crippen molar-refractivity contribution in [3.63, 3.8) is 0 Å². The van der Waals surface area contributed by atoms with Crippen LogP contribution in [-0.2, 0) is 5.88 Å². The molecule has 0 spiro atoms. The minimum absolute atomic E-state index is 0.0624. The Balaban J connectivity index is 2.37. The van der Waals surface area contributed by atoms with E-state index in [0.29, 0.717) is 11.5 Å². The minimum Gasteiger partial charge on any atom is -0.493 e. The lowest BCUT2D eigenvalue weighted by molar-refractivity contribution is -0.384. The summed E-state index contributed by atoms with van der Waals surface area (Å²) >= 11 is 9.25. The first-order valence-electron chi connectivity index (χ1n) is 5.90. The van der Waals surface area contributed by atoms with E-state index in [4.69, 9.17) is 21.1 Å². The van der Waals surface area contributed by atoms with Gasteiger partial charge in [-0.05, 0) is 24.3 Å². The van der Waals surface area contributed by atoms with Crippen LogP contribution in [0.5, 0.6) is 17.2 Å². The van der Waals surface area contributed by atoms with E-state index in [1.807, 2.05) is 12.1 Å². The molecule has 0 fully saturated rings. The number of halogens is 2. The lowest BCUT2D eigenvalue weighted by Gasteiger charge is -2.12. The number of nitro groups is 1. The van der Waals surface area contributed by atoms with Gasteiger partial charge in [0, 0.05) is 16.1 Å². The fourth-order valence-electron chi connectivity index (χ4n) is 1.72. The summed E-state index contributed by atoms with van der Waals surface area (Å²) in [5, 5.41) is 10.8. The van der Waals surface area contributed by atoms with Crippen LogP contribution in [0, 0.1) is 10.1 Å². The summed E-state index contributed by atoms with van der Waals surface area (Å²) in [6.45, 7) is 0. The van der Waals surface area contributed by atoms with Crippen LogP contribution in [-0.4, -0.2) is 12.0 Å². The zero-order valence-electron chi connectivity index (χ0n) is 11.0. The third-order valence-corrected chi connectivity index (χ3v) is 3.53. The number of ether oxygens (including phenoxy) is 2. The molecular formula is C14H11BrClNO4. The molecule has 110 valence electrons. The number of hydrogen-bond acceptors (Lipinski definition) is 4. The van der Waals surface area contributed by atoms with Crippen LogP contribution in [0.2, 0.25) is 0 Å². The van der Waals surface area contributed by atoms with E-state index >= 15 is 0 Å². The zero-order chi connectivity index (χ0) is 15.4. The molecule has 0 bridgehead atoms. The Morgan fingerprint density at radius 3 is 2.52 bits per heavy atom. The topological polar surface area (TPSA) is 61.6 Å². The molecule has 0 aromatic heterocycles. The molecule has 2 aromatic rings. The minimum atomic E-state index is -0.490. The van der Waals surface area contributed by atoms with Gasteiger partial charge >= 0.3 is 0 Å². The summed E-state index contributed by atoms with van der Waals surface area (Å²) in [7, 11) is 1.43. The van der Waals surface area contributed by atoms with Crippen molar-refractivity contribution in [1.29, 1.82) is 0 Å². The van der Waals surface area contributed by atoms with Crippen LogP contribution in [0.3, 0.4) is 0 Å². The highest BCUT2D eigenvalue weighted by atomic mass is 79.9. The van der Waals surface area contributed by atoms with E-state index in [2.05, 4.69) is 15.9 Å². The van der Waals surface area contributed by atoms with E-state index in [-0.39, 0.29) is 17.3 Å². The van der Waals surface area contributed by atoms with Crippen molar-refractivity contribution >= 4 is 33.2 Å². The first-order chi connectivity index (χ1) is 10.0. The van der Waals surface area contributed by atoms with Gasteiger partial charge in [-0.3, -0.25) is 10.1 Å². The van der Waals surface area contributed by atoms with Gasteiger partial charge < -0.3 is 9.47 Å². The normalized spacial score (nSPS) is 10.2. The monoisotopic (exact) mass is 371 g/mol. The number of benzene rings is 2. The maximum atomic E-state index is 10.8. The average Bonchev–Trinajstić information content (AvgIpc) is 2.49. The fourth-order valence-corrected chi connectivity index (χ4v) is 2.34. The SMILES string of the molecule is COc1cc([N+](=O)[O-])ccc1Oc1ccc(Br)cc1CCl. The quantitative estimate of drug-likeness (QED) is 0.425. The third-order valence-electron chi connectivity index (χ3n) is 2.74. The molecule has 0 saturated heterocycles. The molecule has 0 heterocycles. The molecule has 21 heavy (non-hydrogen) atoms. The number of nitro benzene ring substituents is 1. The molecule has 0 aliphatic carbocycles. The van der Waals surface area contributed by atoms with Crippen LogP contribution in [0.1, 0.15) is 5.56 Å². The second-order valence-corrected chi connectivity index (χ2v) is 5.26. The van der Waals surface area contributed by atoms with Gasteiger partial charge in [0.05, 0.1) is 24.0 Å². The van der Waals surface area contributed by atoms with Crippen LogP contribution in [0.15, 0.2) is 40.9 Å². The van der Waals surface area contributed by atoms with Crippen LogP contribution in [0.4, 0.5) is 5.69 Å². The van der Waals surface area contributed by atoms with Crippen molar-refractivity contribution in [2.45, 2.75) is 5.88 Å². The van der Waals surface area contributed by atoms with Crippen molar-refractivity contribution < 1.29 is 14.4 Å². The number of rotatable bonds is 5. The molecule has 0 saturated carbocycles. The number of alkyl halides is 1. The van der Waals surface area contributed by atoms with Gasteiger partial charge in [-0.25, -0.2) is 0 Å². The standard InChI is InChI=1S/C14H11BrClNO4/c1-20-14-7-11(17(18)19)3-5-13(14)21-12-4-2-10(15)6-9(12)8-16/h2-7H,8H2,1H3. The van der Waals surface area contributed by atoms with Crippen LogP contribution in [0.25, 0.3) is 0 Å². The Kier molecular flexibility index (Phi) is 5.03. The first kappa shape index (κ1) is 15.6. The van der Waals surface area contributed by atoms with Gasteiger partial charge in [-0.2, -0.15) is 0 Å². The largest absolute Gasteiger partial charge is 0.493 e. The molecule has 0 atom stereocenters. The van der Waals surface area contributed by atoms with Crippen molar-refractivity contribution in [2.75, 3.05) is 7.11 Å². The second kappa shape index (κ2) is 6.78. The summed E-state index contributed by atoms with van der Waals surface area (Å²) in [5.41, 5.74) is 0.735. The highest BCUT2D eigenvalue weighted by molar-refractivity contribution is 9.10. The highest BCUT2D eigenvalue weighted by Gasteiger charge is 2.14. The number of nitrogens with zero attached hydrogens (tertiary/aromatic N) is 1. The third kappa shape index (κ3) is 3.65. The Morgan fingerprint density at radius 2 is 1.90 bits per heavy atom. The molecular weight excluding hydrogens is 362 g/mol. The van der Waals surface area contributed by atoms with Gasteiger partial charge in [0.2, 0.25) is 0 Å². The molecule has 7 heteroatoms. The van der Waals surface area contributed by atoms with E-state index in [0.717, 1.165) is 10.0 Å². The Morgan fingerprint density at radius 1 is 1.19 bits per heavy atom. The number of hydrogen-bond donors (Lipinski definition) is 0. The summed E-state index contributed by atoms with van der Waals surface area (Å²) < 4.78 is 11.8. The molecule has 0 aliphatic rings. The maximum absolute atomic E-state index is 10.8. The predicted octanol–water partition coefficient (Wildman–Crippen LogP) is 4.90. The van der Waals surface area contributed by atoms with E-state index in [9.17, 15) is 10.1 Å². The summed E-state index contributed by atoms with van der Waals surface area (Å²) in [4.78, 5) is 10.3. The van der Waals surface area contributed by atoms with Gasteiger partial charge in [-0.15, -0.1) is 11.6 Å². The first-order valence-corrected chi connectivity index (χ1v) is 7.22. The zero-order valence-corrected chi connectivity index (χ0v) is 13.3. The van der Waals surface area contributed by atoms with Crippen LogP contribution < -0.4 is 9.47 Å². The number of non-ortho nitro benzene ring substituents is 1. The van der Waals surface area contributed by atoms with Crippen molar-refractivity contribution in [1.82, 2.24) is 0 Å². The molecule has 2 aromatic carbocycles. The Labute approximate surface area is 134 Å². The van der Waals surface area contributed by atoms with E-state index in [1.165, 1.54) is 25.3 Å². The smallest absolute Gasteiger partial charge is 0.273 e. The molecule has 0 amide bonds. The molecule has 0 unspecified atom stereocenters. The fraction of sp³-hybridized carbons (Fsp3) is 0.143. The highest BCUT2D eigenvalue weighted by Crippen LogP contribution is 2.36. The lowest BCUT2D eigenvalue weighted by atomic mass is 10.2. The van der Waals surface area contributed by atoms with E-state index < -0.39 is 4.92 Å². The summed E-state index contributed by atoms with van der Waals surface area (Å²) in [6, 6.07) is 9.61. The van der Waals surface area contributed by atoms with Gasteiger partial charge in [-0.1, -0.05) is 15.9 Å². The van der Waals surface area contributed by atoms with Crippen molar-refractivity contribution in [3.05, 3.63) is 56.5 Å². The van der Waals surface area contributed by atoms with Crippen molar-refractivity contribution in [2.24, 2.45) is 0 Å². The molecule has 2 rings (SSSR count). The molecule has 0 radical (unpaired) electrons. The molecule has 0 aliphatic heterocycles. The Hall–Kier alpha value is -1.79. The van der Waals surface area contributed by atoms with E-state index in [1.54, 1.807) is 6.07 Å². The Bertz CT molecular complexity index is 678. The maximum Gasteiger partial charge on any atom is 0.273 e. The lowest BCUT2D eigenvalue weighted by Crippen LogP contribution is -1.95. The summed E-state index contributed by atoms with van der Waals surface area (Å²) in [6.07, 6.45) is 0. The molecule has 0 N–H and O–H groups in total. The van der Waals surface area contributed by atoms with Gasteiger partial charge in [0.1, 0.15) is 5.75 Å². The van der Waals surface area contributed by atoms with Crippen molar-refractivity contribution in [3.8, 4) is 17.2 Å². The van der Waals surface area contributed by atoms with Crippen LogP contribution >= 0.6 is 27.5 Å². The predicted molar refractivity (Wildman–Crippen MR) is 83.4 cm³/mol. The van der Waals surface area contributed by atoms with Gasteiger partial charge in [0.25, 0.3) is 5.69 Å². The van der Waals surface area contributed by atoms with Gasteiger partial charge in [0.15, 0.2) is 11.5 Å². The molecule has 5 nitrogen and oxygen atoms in total. The average molecular weight is 373 g/mol. The summed E-state index contributed by atoms with van der Waals surface area (Å²) in [5.74, 6) is 1.52.